The van der Waals surface area contributed by atoms with Crippen LogP contribution in [0.1, 0.15) is 87.0 Å². The Morgan fingerprint density at radius 2 is 2.00 bits per heavy atom. The molecule has 0 N–H and O–H groups in total. The Balaban J connectivity index is 0.00000166. The third kappa shape index (κ3) is 4.61. The van der Waals surface area contributed by atoms with E-state index in [2.05, 4.69) is 40.3 Å². The van der Waals surface area contributed by atoms with E-state index in [0.29, 0.717) is 23.5 Å². The predicted molar refractivity (Wildman–Crippen MR) is 129 cm³/mol. The van der Waals surface area contributed by atoms with Gasteiger partial charge in [0, 0.05) is 11.3 Å². The summed E-state index contributed by atoms with van der Waals surface area (Å²) in [5, 5.41) is 0. The number of carbonyl (C=O) groups excluding carboxylic acids is 2. The summed E-state index contributed by atoms with van der Waals surface area (Å²) >= 11 is 0. The molecule has 0 radical (unpaired) electrons. The molecule has 0 amide bonds. The first-order chi connectivity index (χ1) is 14.7. The molecule has 0 bridgehead atoms. The first kappa shape index (κ1) is 25.6. The number of Topliss-reactive ketones (excluding diaryl/α,β-unsaturated/α-hetero) is 1. The van der Waals surface area contributed by atoms with Gasteiger partial charge in [-0.05, 0) is 68.3 Å². The molecule has 3 heteroatoms. The van der Waals surface area contributed by atoms with Gasteiger partial charge in [0.05, 0.1) is 5.76 Å². The van der Waals surface area contributed by atoms with Gasteiger partial charge in [-0.25, -0.2) is 0 Å². The molecule has 6 atom stereocenters. The summed E-state index contributed by atoms with van der Waals surface area (Å²) in [5.41, 5.74) is 2.84. The fourth-order valence-electron chi connectivity index (χ4n) is 7.17. The summed E-state index contributed by atoms with van der Waals surface area (Å²) in [7, 11) is 0. The van der Waals surface area contributed by atoms with Crippen LogP contribution in [0, 0.1) is 34.5 Å². The normalized spacial score (nSPS) is 37.6. The molecule has 31 heavy (non-hydrogen) atoms. The van der Waals surface area contributed by atoms with Gasteiger partial charge in [0.1, 0.15) is 12.9 Å². The lowest BCUT2D eigenvalue weighted by Gasteiger charge is -2.52. The predicted octanol–water partition coefficient (Wildman–Crippen LogP) is 7.08. The zero-order valence-electron chi connectivity index (χ0n) is 20.9. The summed E-state index contributed by atoms with van der Waals surface area (Å²) in [4.78, 5) is 24.4. The van der Waals surface area contributed by atoms with E-state index in [1.165, 1.54) is 5.57 Å². The molecule has 0 aliphatic heterocycles. The van der Waals surface area contributed by atoms with Crippen molar-refractivity contribution in [3.05, 3.63) is 35.6 Å². The van der Waals surface area contributed by atoms with E-state index in [1.807, 2.05) is 19.9 Å². The van der Waals surface area contributed by atoms with Crippen molar-refractivity contribution in [1.82, 2.24) is 0 Å². The van der Waals surface area contributed by atoms with Gasteiger partial charge in [0.25, 0.3) is 0 Å². The highest BCUT2D eigenvalue weighted by atomic mass is 16.5. The standard InChI is InChI=1S/C26H38O3.C2H6/c1-7-12-25(5)19(11-14-27)8-9-20-21(25)10-13-26(6)22(20)15-18(4)24(26)23(28)16-29-17(2)3;1-2/h10-11,14,18,20,22,24H,2,7-9,12-13,15-16H2,1,3-6H3;1-2H3/b19-11-;. The van der Waals surface area contributed by atoms with Crippen LogP contribution in [0.15, 0.2) is 35.6 Å². The van der Waals surface area contributed by atoms with Crippen LogP contribution in [-0.4, -0.2) is 18.7 Å². The molecule has 0 spiro atoms. The molecule has 0 aromatic carbocycles. The summed E-state index contributed by atoms with van der Waals surface area (Å²) in [6, 6.07) is 0. The summed E-state index contributed by atoms with van der Waals surface area (Å²) in [6.45, 7) is 18.9. The second kappa shape index (κ2) is 10.3. The molecule has 0 heterocycles. The smallest absolute Gasteiger partial charge is 0.174 e. The van der Waals surface area contributed by atoms with Crippen LogP contribution in [0.2, 0.25) is 0 Å². The molecule has 2 fully saturated rings. The highest BCUT2D eigenvalue weighted by Gasteiger charge is 2.59. The average molecular weight is 429 g/mol. The van der Waals surface area contributed by atoms with Crippen molar-refractivity contribution < 1.29 is 14.3 Å². The fraction of sp³-hybridized carbons (Fsp3) is 0.714. The third-order valence-electron chi connectivity index (χ3n) is 8.30. The quantitative estimate of drug-likeness (QED) is 0.188. The Bertz CT molecular complexity index is 745. The second-order valence-electron chi connectivity index (χ2n) is 10.2. The van der Waals surface area contributed by atoms with Crippen LogP contribution in [0.25, 0.3) is 0 Å². The number of hydrogen-bond donors (Lipinski definition) is 0. The topological polar surface area (TPSA) is 43.4 Å². The number of allylic oxidation sites excluding steroid dienone is 5. The Kier molecular flexibility index (Phi) is 8.53. The first-order valence-electron chi connectivity index (χ1n) is 12.3. The molecule has 6 unspecified atom stereocenters. The number of hydrogen-bond acceptors (Lipinski definition) is 3. The van der Waals surface area contributed by atoms with Gasteiger partial charge in [0.15, 0.2) is 5.78 Å². The van der Waals surface area contributed by atoms with Crippen molar-refractivity contribution in [1.29, 1.82) is 0 Å². The number of rotatable bonds is 7. The highest BCUT2D eigenvalue weighted by molar-refractivity contribution is 5.84. The number of ketones is 1. The lowest BCUT2D eigenvalue weighted by molar-refractivity contribution is -0.131. The van der Waals surface area contributed by atoms with Crippen LogP contribution >= 0.6 is 0 Å². The average Bonchev–Trinajstić information content (AvgIpc) is 3.00. The van der Waals surface area contributed by atoms with E-state index in [4.69, 9.17) is 4.74 Å². The van der Waals surface area contributed by atoms with Crippen LogP contribution in [0.5, 0.6) is 0 Å². The maximum Gasteiger partial charge on any atom is 0.174 e. The largest absolute Gasteiger partial charge is 0.491 e. The molecule has 3 nitrogen and oxygen atoms in total. The van der Waals surface area contributed by atoms with E-state index in [-0.39, 0.29) is 29.1 Å². The molecule has 3 aliphatic carbocycles. The highest BCUT2D eigenvalue weighted by Crippen LogP contribution is 2.65. The van der Waals surface area contributed by atoms with Gasteiger partial charge >= 0.3 is 0 Å². The van der Waals surface area contributed by atoms with Gasteiger partial charge in [-0.15, -0.1) is 0 Å². The van der Waals surface area contributed by atoms with Gasteiger partial charge < -0.3 is 4.74 Å². The molecule has 0 saturated heterocycles. The van der Waals surface area contributed by atoms with Crippen LogP contribution in [0.3, 0.4) is 0 Å². The lowest BCUT2D eigenvalue weighted by atomic mass is 9.52. The van der Waals surface area contributed by atoms with Crippen molar-refractivity contribution in [3.63, 3.8) is 0 Å². The third-order valence-corrected chi connectivity index (χ3v) is 8.30. The minimum atomic E-state index is -0.00565. The SMILES string of the molecule is C=C(C)OCC(=O)C1C(C)CC2C3CC/C(=C/C=O)C(C)(CCC)C3=CCC21C.CC. The molecule has 3 aliphatic rings. The van der Waals surface area contributed by atoms with E-state index in [9.17, 15) is 9.59 Å². The number of carbonyl (C=O) groups is 2. The van der Waals surface area contributed by atoms with Crippen LogP contribution < -0.4 is 0 Å². The zero-order chi connectivity index (χ0) is 23.4. The van der Waals surface area contributed by atoms with E-state index < -0.39 is 0 Å². The molecule has 174 valence electrons. The van der Waals surface area contributed by atoms with Crippen molar-refractivity contribution in [3.8, 4) is 0 Å². The van der Waals surface area contributed by atoms with E-state index >= 15 is 0 Å². The van der Waals surface area contributed by atoms with Crippen molar-refractivity contribution >= 4 is 12.1 Å². The Morgan fingerprint density at radius 1 is 1.32 bits per heavy atom. The molecule has 3 rings (SSSR count). The maximum absolute atomic E-state index is 13.1. The van der Waals surface area contributed by atoms with Crippen LogP contribution in [0.4, 0.5) is 0 Å². The van der Waals surface area contributed by atoms with Crippen molar-refractivity contribution in [2.75, 3.05) is 6.61 Å². The number of ether oxygens (including phenoxy) is 1. The summed E-state index contributed by atoms with van der Waals surface area (Å²) < 4.78 is 5.50. The van der Waals surface area contributed by atoms with Crippen LogP contribution in [-0.2, 0) is 14.3 Å². The van der Waals surface area contributed by atoms with Gasteiger partial charge in [-0.1, -0.05) is 71.8 Å². The summed E-state index contributed by atoms with van der Waals surface area (Å²) in [5.74, 6) is 2.32. The molecule has 0 aromatic rings. The monoisotopic (exact) mass is 428 g/mol. The molecule has 2 saturated carbocycles. The van der Waals surface area contributed by atoms with Gasteiger partial charge in [0.2, 0.25) is 0 Å². The van der Waals surface area contributed by atoms with Crippen molar-refractivity contribution in [2.24, 2.45) is 34.5 Å². The minimum Gasteiger partial charge on any atom is -0.491 e. The van der Waals surface area contributed by atoms with E-state index in [1.54, 1.807) is 12.5 Å². The van der Waals surface area contributed by atoms with Crippen molar-refractivity contribution in [2.45, 2.75) is 87.0 Å². The number of fused-ring (bicyclic) bond motifs is 3. The second-order valence-corrected chi connectivity index (χ2v) is 10.2. The minimum absolute atomic E-state index is 0.00209. The Labute approximate surface area is 190 Å². The molecule has 0 aromatic heterocycles. The first-order valence-corrected chi connectivity index (χ1v) is 12.3. The summed E-state index contributed by atoms with van der Waals surface area (Å²) in [6.07, 6.45) is 11.6. The lowest BCUT2D eigenvalue weighted by Crippen LogP contribution is -2.45. The zero-order valence-corrected chi connectivity index (χ0v) is 20.9. The maximum atomic E-state index is 13.1. The van der Waals surface area contributed by atoms with E-state index in [0.717, 1.165) is 44.8 Å². The number of aldehydes is 1. The fourth-order valence-corrected chi connectivity index (χ4v) is 7.17. The Morgan fingerprint density at radius 3 is 2.58 bits per heavy atom. The Hall–Kier alpha value is -1.64. The van der Waals surface area contributed by atoms with Gasteiger partial charge in [-0.3, -0.25) is 9.59 Å². The molecular formula is C28H44O3. The van der Waals surface area contributed by atoms with Gasteiger partial charge in [-0.2, -0.15) is 0 Å². The molecular weight excluding hydrogens is 384 g/mol.